The van der Waals surface area contributed by atoms with Crippen molar-refractivity contribution in [3.05, 3.63) is 102 Å². The third-order valence-electron chi connectivity index (χ3n) is 20.7. The standard InChI is InChI=1S/C82H119NO27/c1-54(62(88)107-42-41-106-60-33-31-58(32-34-60)57-29-27-56(28-30-57)44-83(14)55(2)61(87)59-25-23-22-24-26-59)43-74(5,70(96)108-38-35-84)46-81(12,71(97)109-39-36-85)53-82(13,72(98)110-40-37-86)52-80(11,69(95)105-21)51-79(10,68(94)104-20)50-78(9,67(93)103-19)49-77(8,66(92)102-18)48-76(7,65(91)101-17)47-75(6,64(90)100-16)45-73(3,4)63(89)99-15/h22-34,55,61,84-87H,1,35-53H2,2-21H3/t55-,61-,74?,75?,76?,77?,78?,79?,80?,81?,82?/m0/s1. The molecule has 28 heteroatoms. The molecule has 0 spiro atoms. The number of esters is 11. The Hall–Kier alpha value is -8.83. The molecule has 110 heavy (non-hydrogen) atoms. The van der Waals surface area contributed by atoms with Gasteiger partial charge in [-0.15, -0.1) is 0 Å². The highest BCUT2D eigenvalue weighted by Gasteiger charge is 2.61. The zero-order valence-corrected chi connectivity index (χ0v) is 67.9. The van der Waals surface area contributed by atoms with Crippen LogP contribution >= 0.6 is 0 Å². The average molecular weight is 1550 g/mol. The smallest absolute Gasteiger partial charge is 0.333 e. The quantitative estimate of drug-likeness (QED) is 0.0177. The first kappa shape index (κ1) is 95.4. The van der Waals surface area contributed by atoms with Gasteiger partial charge < -0.3 is 77.3 Å². The molecular weight excluding hydrogens is 1430 g/mol. The van der Waals surface area contributed by atoms with Crippen LogP contribution in [-0.2, 0) is 111 Å². The van der Waals surface area contributed by atoms with E-state index in [0.717, 1.165) is 64.9 Å². The molecule has 0 heterocycles. The lowest BCUT2D eigenvalue weighted by Gasteiger charge is -2.47. The van der Waals surface area contributed by atoms with Crippen LogP contribution in [0, 0.1) is 54.1 Å². The van der Waals surface area contributed by atoms with Crippen molar-refractivity contribution >= 4 is 65.7 Å². The van der Waals surface area contributed by atoms with Crippen LogP contribution in [0.15, 0.2) is 91.0 Å². The van der Waals surface area contributed by atoms with E-state index in [0.29, 0.717) is 12.3 Å². The first-order valence-corrected chi connectivity index (χ1v) is 36.3. The molecule has 0 saturated carbocycles. The maximum atomic E-state index is 15.1. The minimum atomic E-state index is -2.18. The Labute approximate surface area is 646 Å². The number of hydrogen-bond donors (Lipinski definition) is 4. The number of nitrogens with zero attached hydrogens (tertiary/aromatic N) is 1. The van der Waals surface area contributed by atoms with Crippen LogP contribution in [0.1, 0.15) is 165 Å². The molecule has 0 saturated heterocycles. The lowest BCUT2D eigenvalue weighted by Crippen LogP contribution is -2.51. The summed E-state index contributed by atoms with van der Waals surface area (Å²) in [5, 5.41) is 40.9. The van der Waals surface area contributed by atoms with Gasteiger partial charge in [0.1, 0.15) is 38.8 Å². The van der Waals surface area contributed by atoms with Gasteiger partial charge >= 0.3 is 65.7 Å². The van der Waals surface area contributed by atoms with Crippen molar-refractivity contribution in [2.45, 2.75) is 166 Å². The molecule has 9 unspecified atom stereocenters. The fourth-order valence-electron chi connectivity index (χ4n) is 16.6. The summed E-state index contributed by atoms with van der Waals surface area (Å²) in [6, 6.07) is 24.6. The van der Waals surface area contributed by atoms with E-state index in [1.54, 1.807) is 12.1 Å². The largest absolute Gasteiger partial charge is 0.490 e. The predicted molar refractivity (Wildman–Crippen MR) is 401 cm³/mol. The second-order valence-corrected chi connectivity index (χ2v) is 32.0. The zero-order valence-electron chi connectivity index (χ0n) is 67.9. The van der Waals surface area contributed by atoms with Crippen LogP contribution in [0.2, 0.25) is 0 Å². The van der Waals surface area contributed by atoms with Gasteiger partial charge in [0.25, 0.3) is 0 Å². The molecule has 0 radical (unpaired) electrons. The van der Waals surface area contributed by atoms with E-state index < -0.39 is 223 Å². The van der Waals surface area contributed by atoms with Crippen LogP contribution in [-0.4, -0.2) is 207 Å². The Morgan fingerprint density at radius 3 is 1.01 bits per heavy atom. The molecule has 0 fully saturated rings. The van der Waals surface area contributed by atoms with Crippen molar-refractivity contribution in [1.29, 1.82) is 0 Å². The SMILES string of the molecule is C=C(CC(C)(CC(C)(CC(C)(CC(C)(CC(C)(CC(C)(CC(C)(CC(C)(CC(C)(CC(C)(C)C(=O)OC)C(=O)OC)C(=O)OC)C(=O)OC)C(=O)OC)C(=O)OC)C(=O)OC)C(=O)OCCO)C(=O)OCCO)C(=O)OCCO)C(=O)OCCOc1ccc(-c2ccc(CN(C)[C@@H](C)[C@H](O)c3ccccc3)cc2)cc1. The summed E-state index contributed by atoms with van der Waals surface area (Å²) in [6.45, 7) is 17.5. The van der Waals surface area contributed by atoms with Crippen molar-refractivity contribution in [2.75, 3.05) is 110 Å². The number of hydrogen-bond acceptors (Lipinski definition) is 28. The van der Waals surface area contributed by atoms with Crippen LogP contribution in [0.25, 0.3) is 11.1 Å². The third kappa shape index (κ3) is 25.1. The first-order valence-electron chi connectivity index (χ1n) is 36.3. The third-order valence-corrected chi connectivity index (χ3v) is 20.7. The van der Waals surface area contributed by atoms with E-state index in [-0.39, 0.29) is 31.2 Å². The molecule has 4 N–H and O–H groups in total. The predicted octanol–water partition coefficient (Wildman–Crippen LogP) is 9.19. The summed E-state index contributed by atoms with van der Waals surface area (Å²) < 4.78 is 65.6. The lowest BCUT2D eigenvalue weighted by atomic mass is 9.56. The summed E-state index contributed by atoms with van der Waals surface area (Å²) in [4.78, 5) is 161. The summed E-state index contributed by atoms with van der Waals surface area (Å²) in [5.41, 5.74) is -16.0. The fraction of sp³-hybridized carbons (Fsp3) is 0.622. The number of methoxy groups -OCH3 is 7. The summed E-state index contributed by atoms with van der Waals surface area (Å²) in [7, 11) is 9.49. The highest BCUT2D eigenvalue weighted by molar-refractivity contribution is 5.91. The molecule has 0 amide bonds. The molecule has 0 aliphatic rings. The van der Waals surface area contributed by atoms with Crippen molar-refractivity contribution in [3.63, 3.8) is 0 Å². The number of rotatable bonds is 47. The molecule has 3 aromatic rings. The first-order chi connectivity index (χ1) is 51.2. The molecule has 11 atom stereocenters. The number of aliphatic hydroxyl groups excluding tert-OH is 4. The molecule has 0 aliphatic heterocycles. The molecule has 614 valence electrons. The van der Waals surface area contributed by atoms with Crippen molar-refractivity contribution in [3.8, 4) is 16.9 Å². The molecule has 28 nitrogen and oxygen atoms in total. The van der Waals surface area contributed by atoms with Gasteiger partial charge in [-0.2, -0.15) is 0 Å². The molecule has 0 bridgehead atoms. The second-order valence-electron chi connectivity index (χ2n) is 32.0. The van der Waals surface area contributed by atoms with Gasteiger partial charge in [-0.1, -0.05) is 73.3 Å². The van der Waals surface area contributed by atoms with E-state index in [9.17, 15) is 68.4 Å². The van der Waals surface area contributed by atoms with Gasteiger partial charge in [0.15, 0.2) is 0 Å². The number of aliphatic hydroxyl groups is 4. The van der Waals surface area contributed by atoms with E-state index in [1.807, 2.05) is 80.7 Å². The Morgan fingerprint density at radius 1 is 0.382 bits per heavy atom. The van der Waals surface area contributed by atoms with Crippen molar-refractivity contribution in [1.82, 2.24) is 4.90 Å². The molecule has 0 aromatic heterocycles. The molecular formula is C82H119NO27. The van der Waals surface area contributed by atoms with E-state index in [2.05, 4.69) is 11.5 Å². The van der Waals surface area contributed by atoms with Crippen LogP contribution in [0.4, 0.5) is 0 Å². The topological polar surface area (TPSA) is 383 Å². The van der Waals surface area contributed by atoms with Gasteiger partial charge in [-0.25, -0.2) is 4.79 Å². The van der Waals surface area contributed by atoms with E-state index in [1.165, 1.54) is 83.3 Å². The second kappa shape index (κ2) is 40.9. The number of ether oxygens (including phenoxy) is 12. The number of carbonyl (C=O) groups is 11. The van der Waals surface area contributed by atoms with Gasteiger partial charge in [-0.05, 0) is 189 Å². The van der Waals surface area contributed by atoms with Gasteiger partial charge in [0.05, 0.1) is 130 Å². The summed E-state index contributed by atoms with van der Waals surface area (Å²) >= 11 is 0. The van der Waals surface area contributed by atoms with Crippen molar-refractivity contribution < 1.29 is 130 Å². The van der Waals surface area contributed by atoms with Gasteiger partial charge in [0, 0.05) is 18.2 Å². The van der Waals surface area contributed by atoms with Crippen LogP contribution < -0.4 is 4.74 Å². The summed E-state index contributed by atoms with van der Waals surface area (Å²) in [5.74, 6) is -10.4. The van der Waals surface area contributed by atoms with Gasteiger partial charge in [-0.3, -0.25) is 52.8 Å². The number of carbonyl (C=O) groups excluding carboxylic acids is 11. The monoisotopic (exact) mass is 1550 g/mol. The highest BCUT2D eigenvalue weighted by atomic mass is 16.6. The summed E-state index contributed by atoms with van der Waals surface area (Å²) in [6.07, 6.45) is -6.53. The minimum Gasteiger partial charge on any atom is -0.490 e. The zero-order chi connectivity index (χ0) is 83.7. The Morgan fingerprint density at radius 2 is 0.682 bits per heavy atom. The maximum absolute atomic E-state index is 15.1. The highest BCUT2D eigenvalue weighted by Crippen LogP contribution is 2.57. The van der Waals surface area contributed by atoms with E-state index >= 15 is 4.79 Å². The molecule has 3 rings (SSSR count). The van der Waals surface area contributed by atoms with Gasteiger partial charge in [0.2, 0.25) is 0 Å². The fourth-order valence-corrected chi connectivity index (χ4v) is 16.6. The van der Waals surface area contributed by atoms with Crippen molar-refractivity contribution in [2.24, 2.45) is 54.1 Å². The van der Waals surface area contributed by atoms with Crippen LogP contribution in [0.3, 0.4) is 0 Å². The molecule has 0 aliphatic carbocycles. The van der Waals surface area contributed by atoms with Crippen LogP contribution in [0.5, 0.6) is 5.75 Å². The normalized spacial score (nSPS) is 17.1. The number of benzene rings is 3. The van der Waals surface area contributed by atoms with E-state index in [4.69, 9.17) is 56.8 Å². The average Bonchev–Trinajstić information content (AvgIpc) is 0.734. The maximum Gasteiger partial charge on any atom is 0.333 e. The number of likely N-dealkylation sites (N-methyl/N-ethyl adjacent to an activating group) is 1. The Balaban J connectivity index is 2.12. The Bertz CT molecular complexity index is 3640. The Kier molecular flexibility index (Phi) is 35.5. The minimum absolute atomic E-state index is 0.129. The lowest BCUT2D eigenvalue weighted by molar-refractivity contribution is -0.175. The molecule has 3 aromatic carbocycles.